The summed E-state index contributed by atoms with van der Waals surface area (Å²) < 4.78 is 6.32. The number of fused-ring (bicyclic) bond motifs is 3. The Labute approximate surface area is 136 Å². The van der Waals surface area contributed by atoms with Gasteiger partial charge in [0.05, 0.1) is 5.92 Å². The number of ether oxygens (including phenoxy) is 1. The number of carbonyl (C=O) groups is 1. The molecular weight excluding hydrogens is 292 g/mol. The minimum Gasteiger partial charge on any atom is -0.508 e. The number of aromatic hydroxyl groups is 1. The molecule has 3 aliphatic heterocycles. The molecule has 1 aromatic carbocycles. The molecule has 2 saturated heterocycles. The van der Waals surface area contributed by atoms with Crippen LogP contribution in [0.1, 0.15) is 44.1 Å². The first-order valence-electron chi connectivity index (χ1n) is 8.66. The van der Waals surface area contributed by atoms with Crippen molar-refractivity contribution in [3.8, 4) is 11.5 Å². The van der Waals surface area contributed by atoms with Gasteiger partial charge >= 0.3 is 0 Å². The first-order chi connectivity index (χ1) is 11.1. The Kier molecular flexibility index (Phi) is 3.48. The Morgan fingerprint density at radius 2 is 2.09 bits per heavy atom. The van der Waals surface area contributed by atoms with Crippen molar-refractivity contribution in [2.24, 2.45) is 5.92 Å². The Morgan fingerprint density at radius 1 is 1.30 bits per heavy atom. The lowest BCUT2D eigenvalue weighted by atomic mass is 9.84. The van der Waals surface area contributed by atoms with E-state index in [1.165, 1.54) is 0 Å². The number of carbonyl (C=O) groups excluding carboxylic acids is 1. The van der Waals surface area contributed by atoms with Crippen LogP contribution in [0, 0.1) is 5.92 Å². The van der Waals surface area contributed by atoms with E-state index in [-0.39, 0.29) is 17.6 Å². The lowest BCUT2D eigenvalue weighted by Gasteiger charge is -2.44. The van der Waals surface area contributed by atoms with E-state index in [1.807, 2.05) is 0 Å². The molecule has 23 heavy (non-hydrogen) atoms. The van der Waals surface area contributed by atoms with Crippen molar-refractivity contribution >= 4 is 5.91 Å². The molecular formula is C18H24N2O3. The van der Waals surface area contributed by atoms with Gasteiger partial charge in [-0.3, -0.25) is 9.69 Å². The summed E-state index contributed by atoms with van der Waals surface area (Å²) in [7, 11) is 0. The van der Waals surface area contributed by atoms with Gasteiger partial charge in [-0.2, -0.15) is 0 Å². The van der Waals surface area contributed by atoms with Crippen LogP contribution in [-0.4, -0.2) is 41.3 Å². The highest BCUT2D eigenvalue weighted by Crippen LogP contribution is 2.51. The van der Waals surface area contributed by atoms with Crippen LogP contribution in [0.2, 0.25) is 0 Å². The van der Waals surface area contributed by atoms with Crippen LogP contribution in [-0.2, 0) is 4.79 Å². The Morgan fingerprint density at radius 3 is 2.87 bits per heavy atom. The van der Waals surface area contributed by atoms with Crippen LogP contribution in [0.3, 0.4) is 0 Å². The zero-order valence-electron chi connectivity index (χ0n) is 13.5. The van der Waals surface area contributed by atoms with Gasteiger partial charge in [0.25, 0.3) is 5.91 Å². The Bertz CT molecular complexity index is 625. The summed E-state index contributed by atoms with van der Waals surface area (Å²) in [6.07, 6.45) is 4.00. The van der Waals surface area contributed by atoms with Crippen molar-refractivity contribution in [2.75, 3.05) is 19.6 Å². The van der Waals surface area contributed by atoms with Crippen LogP contribution in [0.15, 0.2) is 18.2 Å². The number of nitrogens with zero attached hydrogens (tertiary/aromatic N) is 1. The average molecular weight is 316 g/mol. The molecule has 2 atom stereocenters. The molecule has 5 nitrogen and oxygen atoms in total. The van der Waals surface area contributed by atoms with Crippen molar-refractivity contribution in [1.29, 1.82) is 0 Å². The van der Waals surface area contributed by atoms with E-state index < -0.39 is 5.72 Å². The Balaban J connectivity index is 1.78. The number of likely N-dealkylation sites (tertiary alicyclic amines) is 1. The molecule has 0 aromatic heterocycles. The van der Waals surface area contributed by atoms with E-state index in [1.54, 1.807) is 18.2 Å². The number of rotatable bonds is 1. The summed E-state index contributed by atoms with van der Waals surface area (Å²) in [6, 6.07) is 5.20. The van der Waals surface area contributed by atoms with Crippen LogP contribution in [0.25, 0.3) is 0 Å². The minimum atomic E-state index is -0.938. The summed E-state index contributed by atoms with van der Waals surface area (Å²) in [5.74, 6) is 1.64. The number of benzene rings is 1. The van der Waals surface area contributed by atoms with Gasteiger partial charge in [-0.25, -0.2) is 0 Å². The minimum absolute atomic E-state index is 0.0134. The topological polar surface area (TPSA) is 61.8 Å². The first-order valence-corrected chi connectivity index (χ1v) is 8.66. The van der Waals surface area contributed by atoms with Crippen molar-refractivity contribution in [1.82, 2.24) is 10.2 Å². The molecule has 0 aliphatic carbocycles. The maximum Gasteiger partial charge on any atom is 0.280 e. The van der Waals surface area contributed by atoms with Crippen LogP contribution in [0.5, 0.6) is 11.5 Å². The molecule has 5 heteroatoms. The first kappa shape index (κ1) is 14.8. The van der Waals surface area contributed by atoms with E-state index in [9.17, 15) is 9.90 Å². The van der Waals surface area contributed by atoms with Crippen molar-refractivity contribution < 1.29 is 14.6 Å². The summed E-state index contributed by atoms with van der Waals surface area (Å²) in [6.45, 7) is 4.72. The quantitative estimate of drug-likeness (QED) is 0.834. The number of amides is 1. The smallest absolute Gasteiger partial charge is 0.280 e. The van der Waals surface area contributed by atoms with E-state index in [0.717, 1.165) is 50.1 Å². The SMILES string of the molecule is CC1CCN(C23Oc4ccc(O)cc4C2CCCNC3=O)CC1. The number of phenols is 1. The molecule has 124 valence electrons. The van der Waals surface area contributed by atoms with E-state index in [4.69, 9.17) is 4.74 Å². The van der Waals surface area contributed by atoms with E-state index in [2.05, 4.69) is 17.1 Å². The second kappa shape index (κ2) is 5.41. The second-order valence-electron chi connectivity index (χ2n) is 7.14. The number of hydrogen-bond acceptors (Lipinski definition) is 4. The van der Waals surface area contributed by atoms with E-state index >= 15 is 0 Å². The van der Waals surface area contributed by atoms with Crippen LogP contribution < -0.4 is 10.1 Å². The predicted octanol–water partition coefficient (Wildman–Crippen LogP) is 2.21. The molecule has 4 rings (SSSR count). The third-order valence-electron chi connectivity index (χ3n) is 5.64. The van der Waals surface area contributed by atoms with Gasteiger partial charge in [-0.05, 0) is 49.8 Å². The van der Waals surface area contributed by atoms with Gasteiger partial charge in [-0.1, -0.05) is 6.92 Å². The maximum absolute atomic E-state index is 13.0. The van der Waals surface area contributed by atoms with Gasteiger partial charge in [0, 0.05) is 25.2 Å². The number of hydrogen-bond donors (Lipinski definition) is 2. The van der Waals surface area contributed by atoms with Gasteiger partial charge in [0.15, 0.2) is 0 Å². The Hall–Kier alpha value is -1.75. The van der Waals surface area contributed by atoms with Crippen molar-refractivity contribution in [3.05, 3.63) is 23.8 Å². The van der Waals surface area contributed by atoms with Crippen LogP contribution in [0.4, 0.5) is 0 Å². The zero-order valence-corrected chi connectivity index (χ0v) is 13.5. The molecule has 2 unspecified atom stereocenters. The highest BCUT2D eigenvalue weighted by Gasteiger charge is 2.58. The predicted molar refractivity (Wildman–Crippen MR) is 86.4 cm³/mol. The lowest BCUT2D eigenvalue weighted by Crippen LogP contribution is -2.64. The second-order valence-corrected chi connectivity index (χ2v) is 7.14. The molecule has 3 aliphatic rings. The monoisotopic (exact) mass is 316 g/mol. The maximum atomic E-state index is 13.0. The highest BCUT2D eigenvalue weighted by molar-refractivity contribution is 5.88. The highest BCUT2D eigenvalue weighted by atomic mass is 16.5. The third-order valence-corrected chi connectivity index (χ3v) is 5.64. The van der Waals surface area contributed by atoms with Gasteiger partial charge < -0.3 is 15.2 Å². The van der Waals surface area contributed by atoms with Gasteiger partial charge in [0.1, 0.15) is 11.5 Å². The van der Waals surface area contributed by atoms with Crippen molar-refractivity contribution in [2.45, 2.75) is 44.2 Å². The lowest BCUT2D eigenvalue weighted by molar-refractivity contribution is -0.160. The van der Waals surface area contributed by atoms with Crippen molar-refractivity contribution in [3.63, 3.8) is 0 Å². The summed E-state index contributed by atoms with van der Waals surface area (Å²) in [5.41, 5.74) is 0.0351. The summed E-state index contributed by atoms with van der Waals surface area (Å²) >= 11 is 0. The molecule has 2 N–H and O–H groups in total. The van der Waals surface area contributed by atoms with E-state index in [0.29, 0.717) is 12.5 Å². The molecule has 1 aromatic rings. The fourth-order valence-corrected chi connectivity index (χ4v) is 4.31. The molecule has 0 saturated carbocycles. The summed E-state index contributed by atoms with van der Waals surface area (Å²) in [4.78, 5) is 15.2. The van der Waals surface area contributed by atoms with Crippen LogP contribution >= 0.6 is 0 Å². The molecule has 0 radical (unpaired) electrons. The number of phenolic OH excluding ortho intramolecular Hbond substituents is 1. The summed E-state index contributed by atoms with van der Waals surface area (Å²) in [5, 5.41) is 12.9. The third kappa shape index (κ3) is 2.21. The standard InChI is InChI=1S/C18H24N2O3/c1-12-6-9-20(10-7-12)18-15(3-2-8-19-17(18)22)14-11-13(21)4-5-16(14)23-18/h4-5,11-12,15,21H,2-3,6-10H2,1H3,(H,19,22). The number of nitrogens with one attached hydrogen (secondary N) is 1. The van der Waals surface area contributed by atoms with Gasteiger partial charge in [-0.15, -0.1) is 0 Å². The van der Waals surface area contributed by atoms with Gasteiger partial charge in [0.2, 0.25) is 5.72 Å². The molecule has 0 spiro atoms. The fourth-order valence-electron chi connectivity index (χ4n) is 4.31. The number of piperidine rings is 1. The largest absolute Gasteiger partial charge is 0.508 e. The molecule has 3 heterocycles. The normalized spacial score (nSPS) is 31.7. The average Bonchev–Trinajstić information content (AvgIpc) is 2.77. The molecule has 0 bridgehead atoms. The zero-order chi connectivity index (χ0) is 16.0. The fraction of sp³-hybridized carbons (Fsp3) is 0.611. The molecule has 1 amide bonds. The molecule has 2 fully saturated rings.